The molecule has 1 aromatic carbocycles. The molecule has 0 aromatic heterocycles. The molecule has 0 bridgehead atoms. The third-order valence-corrected chi connectivity index (χ3v) is 2.70. The largest absolute Gasteiger partial charge is 0.492 e. The molecule has 1 aromatic rings. The van der Waals surface area contributed by atoms with Gasteiger partial charge in [0.1, 0.15) is 18.2 Å². The summed E-state index contributed by atoms with van der Waals surface area (Å²) < 4.78 is 18.2. The molecular weight excluding hydrogens is 217 g/mol. The third kappa shape index (κ3) is 6.27. The average Bonchev–Trinajstić information content (AvgIpc) is 2.32. The Hall–Kier alpha value is -1.09. The van der Waals surface area contributed by atoms with E-state index in [0.717, 1.165) is 18.8 Å². The molecule has 0 fully saturated rings. The quantitative estimate of drug-likeness (QED) is 0.645. The predicted molar refractivity (Wildman–Crippen MR) is 68.9 cm³/mol. The highest BCUT2D eigenvalue weighted by molar-refractivity contribution is 5.21. The highest BCUT2D eigenvalue weighted by Crippen LogP contribution is 2.10. The number of nitrogens with zero attached hydrogens (tertiary/aromatic N) is 1. The Morgan fingerprint density at radius 3 is 2.47 bits per heavy atom. The summed E-state index contributed by atoms with van der Waals surface area (Å²) in [5.41, 5.74) is 0. The number of likely N-dealkylation sites (N-methyl/N-ethyl adjacent to an activating group) is 1. The van der Waals surface area contributed by atoms with Gasteiger partial charge in [0, 0.05) is 6.54 Å². The van der Waals surface area contributed by atoms with Crippen molar-refractivity contribution in [2.75, 3.05) is 26.7 Å². The zero-order chi connectivity index (χ0) is 12.5. The highest BCUT2D eigenvalue weighted by atomic mass is 19.1. The van der Waals surface area contributed by atoms with Gasteiger partial charge in [-0.15, -0.1) is 0 Å². The van der Waals surface area contributed by atoms with Crippen LogP contribution in [-0.2, 0) is 0 Å². The third-order valence-electron chi connectivity index (χ3n) is 2.70. The van der Waals surface area contributed by atoms with Crippen LogP contribution in [0, 0.1) is 5.82 Å². The van der Waals surface area contributed by atoms with E-state index in [2.05, 4.69) is 18.9 Å². The van der Waals surface area contributed by atoms with Gasteiger partial charge in [-0.25, -0.2) is 4.39 Å². The molecule has 96 valence electrons. The van der Waals surface area contributed by atoms with Crippen LogP contribution in [0.15, 0.2) is 24.3 Å². The van der Waals surface area contributed by atoms with Crippen LogP contribution in [0.2, 0.25) is 0 Å². The molecule has 0 aliphatic rings. The van der Waals surface area contributed by atoms with Crippen LogP contribution in [0.4, 0.5) is 4.39 Å². The molecule has 0 atom stereocenters. The van der Waals surface area contributed by atoms with E-state index in [1.807, 2.05) is 0 Å². The fourth-order valence-electron chi connectivity index (χ4n) is 1.59. The topological polar surface area (TPSA) is 12.5 Å². The van der Waals surface area contributed by atoms with Gasteiger partial charge in [-0.05, 0) is 44.3 Å². The summed E-state index contributed by atoms with van der Waals surface area (Å²) in [5, 5.41) is 0. The van der Waals surface area contributed by atoms with Crippen LogP contribution >= 0.6 is 0 Å². The summed E-state index contributed by atoms with van der Waals surface area (Å²) in [4.78, 5) is 2.26. The summed E-state index contributed by atoms with van der Waals surface area (Å²) in [6.45, 7) is 4.87. The number of ether oxygens (including phenoxy) is 1. The minimum Gasteiger partial charge on any atom is -0.492 e. The molecule has 0 aliphatic carbocycles. The number of unbranched alkanes of at least 4 members (excludes halogenated alkanes) is 2. The molecule has 1 rings (SSSR count). The number of hydrogen-bond acceptors (Lipinski definition) is 2. The van der Waals surface area contributed by atoms with E-state index in [1.54, 1.807) is 12.1 Å². The predicted octanol–water partition coefficient (Wildman–Crippen LogP) is 3.33. The number of rotatable bonds is 8. The number of hydrogen-bond donors (Lipinski definition) is 0. The summed E-state index contributed by atoms with van der Waals surface area (Å²) in [6, 6.07) is 6.15. The van der Waals surface area contributed by atoms with E-state index in [1.165, 1.54) is 31.4 Å². The molecule has 0 spiro atoms. The Morgan fingerprint density at radius 2 is 1.82 bits per heavy atom. The van der Waals surface area contributed by atoms with Crippen LogP contribution in [-0.4, -0.2) is 31.6 Å². The van der Waals surface area contributed by atoms with Crippen molar-refractivity contribution in [1.82, 2.24) is 4.90 Å². The van der Waals surface area contributed by atoms with Gasteiger partial charge in [0.25, 0.3) is 0 Å². The first-order valence-electron chi connectivity index (χ1n) is 6.29. The van der Waals surface area contributed by atoms with Crippen molar-refractivity contribution < 1.29 is 9.13 Å². The molecule has 0 radical (unpaired) electrons. The summed E-state index contributed by atoms with van der Waals surface area (Å²) in [5.74, 6) is 0.502. The second kappa shape index (κ2) is 8.07. The van der Waals surface area contributed by atoms with E-state index >= 15 is 0 Å². The van der Waals surface area contributed by atoms with Crippen molar-refractivity contribution in [2.45, 2.75) is 26.2 Å². The highest BCUT2D eigenvalue weighted by Gasteiger charge is 1.99. The summed E-state index contributed by atoms with van der Waals surface area (Å²) in [7, 11) is 2.10. The maximum absolute atomic E-state index is 12.6. The van der Waals surface area contributed by atoms with Crippen LogP contribution in [0.3, 0.4) is 0 Å². The SMILES string of the molecule is CCCCCN(C)CCOc1ccc(F)cc1. The normalized spacial score (nSPS) is 10.8. The van der Waals surface area contributed by atoms with Crippen molar-refractivity contribution in [3.63, 3.8) is 0 Å². The molecule has 0 amide bonds. The van der Waals surface area contributed by atoms with Crippen molar-refractivity contribution in [1.29, 1.82) is 0 Å². The molecule has 0 unspecified atom stereocenters. The Bertz CT molecular complexity index is 300. The molecule has 0 aliphatic heterocycles. The van der Waals surface area contributed by atoms with Crippen LogP contribution in [0.25, 0.3) is 0 Å². The first kappa shape index (κ1) is 14.0. The number of halogens is 1. The van der Waals surface area contributed by atoms with Gasteiger partial charge in [0.15, 0.2) is 0 Å². The summed E-state index contributed by atoms with van der Waals surface area (Å²) in [6.07, 6.45) is 3.77. The lowest BCUT2D eigenvalue weighted by molar-refractivity contribution is 0.234. The van der Waals surface area contributed by atoms with E-state index in [4.69, 9.17) is 4.74 Å². The Labute approximate surface area is 103 Å². The first-order chi connectivity index (χ1) is 8.22. The minimum atomic E-state index is -0.228. The van der Waals surface area contributed by atoms with Gasteiger partial charge >= 0.3 is 0 Å². The van der Waals surface area contributed by atoms with Crippen molar-refractivity contribution >= 4 is 0 Å². The van der Waals surface area contributed by atoms with Gasteiger partial charge in [0.05, 0.1) is 0 Å². The standard InChI is InChI=1S/C14H22FNO/c1-3-4-5-10-16(2)11-12-17-14-8-6-13(15)7-9-14/h6-9H,3-5,10-12H2,1-2H3. The van der Waals surface area contributed by atoms with E-state index < -0.39 is 0 Å². The molecule has 0 N–H and O–H groups in total. The molecule has 0 saturated heterocycles. The van der Waals surface area contributed by atoms with Gasteiger partial charge < -0.3 is 9.64 Å². The number of benzene rings is 1. The molecule has 3 heteroatoms. The molecule has 2 nitrogen and oxygen atoms in total. The zero-order valence-corrected chi connectivity index (χ0v) is 10.8. The fraction of sp³-hybridized carbons (Fsp3) is 0.571. The van der Waals surface area contributed by atoms with Crippen molar-refractivity contribution in [2.24, 2.45) is 0 Å². The lowest BCUT2D eigenvalue weighted by Gasteiger charge is -2.16. The monoisotopic (exact) mass is 239 g/mol. The van der Waals surface area contributed by atoms with Crippen LogP contribution in [0.5, 0.6) is 5.75 Å². The summed E-state index contributed by atoms with van der Waals surface area (Å²) >= 11 is 0. The lowest BCUT2D eigenvalue weighted by Crippen LogP contribution is -2.25. The maximum atomic E-state index is 12.6. The smallest absolute Gasteiger partial charge is 0.123 e. The molecule has 0 heterocycles. The Balaban J connectivity index is 2.12. The maximum Gasteiger partial charge on any atom is 0.123 e. The first-order valence-corrected chi connectivity index (χ1v) is 6.29. The molecular formula is C14H22FNO. The van der Waals surface area contributed by atoms with Crippen LogP contribution in [0.1, 0.15) is 26.2 Å². The van der Waals surface area contributed by atoms with Gasteiger partial charge in [0.2, 0.25) is 0 Å². The van der Waals surface area contributed by atoms with Crippen LogP contribution < -0.4 is 4.74 Å². The van der Waals surface area contributed by atoms with E-state index in [9.17, 15) is 4.39 Å². The van der Waals surface area contributed by atoms with E-state index in [-0.39, 0.29) is 5.82 Å². The van der Waals surface area contributed by atoms with Crippen molar-refractivity contribution in [3.05, 3.63) is 30.1 Å². The Morgan fingerprint density at radius 1 is 1.12 bits per heavy atom. The van der Waals surface area contributed by atoms with Gasteiger partial charge in [-0.3, -0.25) is 0 Å². The lowest BCUT2D eigenvalue weighted by atomic mass is 10.2. The molecule has 0 saturated carbocycles. The minimum absolute atomic E-state index is 0.228. The molecule has 17 heavy (non-hydrogen) atoms. The van der Waals surface area contributed by atoms with Crippen molar-refractivity contribution in [3.8, 4) is 5.75 Å². The zero-order valence-electron chi connectivity index (χ0n) is 10.8. The Kier molecular flexibility index (Phi) is 6.63. The second-order valence-electron chi connectivity index (χ2n) is 4.31. The average molecular weight is 239 g/mol. The fourth-order valence-corrected chi connectivity index (χ4v) is 1.59. The van der Waals surface area contributed by atoms with Gasteiger partial charge in [-0.1, -0.05) is 19.8 Å². The van der Waals surface area contributed by atoms with E-state index in [0.29, 0.717) is 6.61 Å². The van der Waals surface area contributed by atoms with Gasteiger partial charge in [-0.2, -0.15) is 0 Å². The second-order valence-corrected chi connectivity index (χ2v) is 4.31.